The molecule has 3 aromatic carbocycles. The first-order valence-corrected chi connectivity index (χ1v) is 11.1. The second-order valence-corrected chi connectivity index (χ2v) is 8.86. The number of thiocarbonyl (C=S) groups is 1. The van der Waals surface area contributed by atoms with Crippen LogP contribution in [0.2, 0.25) is 5.02 Å². The lowest BCUT2D eigenvalue weighted by atomic mass is 10.2. The van der Waals surface area contributed by atoms with E-state index < -0.39 is 5.82 Å². The highest BCUT2D eigenvalue weighted by Gasteiger charge is 2.18. The topological polar surface area (TPSA) is 61.9 Å². The Hall–Kier alpha value is -2.81. The predicted molar refractivity (Wildman–Crippen MR) is 134 cm³/mol. The van der Waals surface area contributed by atoms with Crippen LogP contribution in [-0.2, 0) is 6.54 Å². The van der Waals surface area contributed by atoms with E-state index in [1.54, 1.807) is 10.6 Å². The Labute approximate surface area is 202 Å². The number of azo groups is 1. The Morgan fingerprint density at radius 1 is 1.19 bits per heavy atom. The van der Waals surface area contributed by atoms with Gasteiger partial charge in [0, 0.05) is 20.6 Å². The average Bonchev–Trinajstić information content (AvgIpc) is 2.98. The number of aromatic nitrogens is 1. The number of anilines is 1. The lowest BCUT2D eigenvalue weighted by molar-refractivity contribution is 0.429. The second kappa shape index (κ2) is 9.36. The van der Waals surface area contributed by atoms with Gasteiger partial charge in [-0.05, 0) is 72.7 Å². The number of nitrogens with zero attached hydrogens (tertiary/aromatic N) is 3. The Bertz CT molecular complexity index is 1370. The van der Waals surface area contributed by atoms with E-state index in [0.717, 1.165) is 21.2 Å². The summed E-state index contributed by atoms with van der Waals surface area (Å²) in [4.78, 5) is 0. The molecular weight excluding hydrogens is 515 g/mol. The Balaban J connectivity index is 1.69. The molecule has 0 aliphatic rings. The van der Waals surface area contributed by atoms with Crippen molar-refractivity contribution in [2.45, 2.75) is 13.5 Å². The van der Waals surface area contributed by atoms with Gasteiger partial charge in [-0.15, -0.1) is 10.2 Å². The lowest BCUT2D eigenvalue weighted by Gasteiger charge is -2.09. The molecule has 0 atom stereocenters. The molecule has 2 N–H and O–H groups in total. The summed E-state index contributed by atoms with van der Waals surface area (Å²) >= 11 is 14.9. The number of fused-ring (bicyclic) bond motifs is 1. The lowest BCUT2D eigenvalue weighted by Crippen LogP contribution is -2.04. The molecule has 5 nitrogen and oxygen atoms in total. The first-order valence-electron chi connectivity index (χ1n) is 9.56. The summed E-state index contributed by atoms with van der Waals surface area (Å²) in [5.74, 6) is -0.519. The number of aryl methyl sites for hydroxylation is 1. The smallest absolute Gasteiger partial charge is 0.221 e. The highest BCUT2D eigenvalue weighted by molar-refractivity contribution is 9.10. The Morgan fingerprint density at radius 2 is 2.00 bits per heavy atom. The van der Waals surface area contributed by atoms with Gasteiger partial charge in [0.25, 0.3) is 0 Å². The molecule has 1 aromatic heterocycles. The number of nitrogens with one attached hydrogen (secondary N) is 1. The van der Waals surface area contributed by atoms with Crippen LogP contribution in [0.1, 0.15) is 11.1 Å². The first kappa shape index (κ1) is 22.4. The van der Waals surface area contributed by atoms with Crippen LogP contribution < -0.4 is 5.32 Å². The zero-order chi connectivity index (χ0) is 22.8. The van der Waals surface area contributed by atoms with E-state index in [1.165, 1.54) is 12.1 Å². The minimum absolute atomic E-state index is 0.0967. The van der Waals surface area contributed by atoms with E-state index >= 15 is 0 Å². The van der Waals surface area contributed by atoms with Gasteiger partial charge in [0.2, 0.25) is 11.0 Å². The van der Waals surface area contributed by atoms with Crippen molar-refractivity contribution in [3.8, 4) is 5.88 Å². The van der Waals surface area contributed by atoms with Crippen molar-refractivity contribution in [1.29, 1.82) is 0 Å². The van der Waals surface area contributed by atoms with E-state index in [0.29, 0.717) is 10.9 Å². The fourth-order valence-corrected chi connectivity index (χ4v) is 4.09. The van der Waals surface area contributed by atoms with Crippen molar-refractivity contribution in [1.82, 2.24) is 4.57 Å². The summed E-state index contributed by atoms with van der Waals surface area (Å²) in [5, 5.41) is 23.4. The molecule has 0 unspecified atom stereocenters. The third-order valence-electron chi connectivity index (χ3n) is 4.83. The third kappa shape index (κ3) is 4.82. The minimum Gasteiger partial charge on any atom is -0.493 e. The highest BCUT2D eigenvalue weighted by Crippen LogP contribution is 2.41. The summed E-state index contributed by atoms with van der Waals surface area (Å²) in [6.45, 7) is 2.21. The maximum Gasteiger partial charge on any atom is 0.221 e. The summed E-state index contributed by atoms with van der Waals surface area (Å²) in [6, 6.07) is 17.4. The van der Waals surface area contributed by atoms with Gasteiger partial charge in [-0.2, -0.15) is 0 Å². The molecule has 0 amide bonds. The molecule has 0 saturated carbocycles. The quantitative estimate of drug-likeness (QED) is 0.209. The number of hydrogen-bond donors (Lipinski definition) is 2. The number of rotatable bonds is 4. The largest absolute Gasteiger partial charge is 0.493 e. The number of halogens is 3. The van der Waals surface area contributed by atoms with E-state index in [-0.39, 0.29) is 28.2 Å². The fraction of sp³-hybridized carbons (Fsp3) is 0.0870. The number of hydrogen-bond acceptors (Lipinski definition) is 3. The molecule has 9 heteroatoms. The monoisotopic (exact) mass is 530 g/mol. The molecule has 0 saturated heterocycles. The third-order valence-corrected chi connectivity index (χ3v) is 5.85. The van der Waals surface area contributed by atoms with Crippen LogP contribution in [0.3, 0.4) is 0 Å². The van der Waals surface area contributed by atoms with Gasteiger partial charge in [0.1, 0.15) is 5.82 Å². The van der Waals surface area contributed by atoms with E-state index in [1.807, 2.05) is 49.4 Å². The SMILES string of the molecule is Cc1cccc(NC(=S)N=Nc2c(O)n(Cc3ccc(F)cc3Cl)c3ccc(Br)cc23)c1. The summed E-state index contributed by atoms with van der Waals surface area (Å²) in [7, 11) is 0. The van der Waals surface area contributed by atoms with E-state index in [2.05, 4.69) is 31.5 Å². The van der Waals surface area contributed by atoms with Crippen LogP contribution in [0, 0.1) is 12.7 Å². The molecule has 0 radical (unpaired) electrons. The zero-order valence-electron chi connectivity index (χ0n) is 16.8. The van der Waals surface area contributed by atoms with Gasteiger partial charge in [-0.1, -0.05) is 45.7 Å². The number of benzene rings is 3. The van der Waals surface area contributed by atoms with Crippen molar-refractivity contribution in [2.24, 2.45) is 10.2 Å². The standard InChI is InChI=1S/C23H17BrClFN4OS/c1-13-3-2-4-17(9-13)27-23(32)29-28-21-18-10-15(24)6-8-20(18)30(22(21)31)12-14-5-7-16(26)11-19(14)25/h2-11,31H,12H2,1H3,(H,27,32). The second-order valence-electron chi connectivity index (χ2n) is 7.16. The molecule has 32 heavy (non-hydrogen) atoms. The van der Waals surface area contributed by atoms with Crippen molar-refractivity contribution < 1.29 is 9.50 Å². The van der Waals surface area contributed by atoms with Crippen molar-refractivity contribution in [3.05, 3.63) is 87.1 Å². The molecular formula is C23H17BrClFN4OS. The van der Waals surface area contributed by atoms with Gasteiger partial charge in [0.15, 0.2) is 5.69 Å². The highest BCUT2D eigenvalue weighted by atomic mass is 79.9. The molecule has 0 aliphatic heterocycles. The van der Waals surface area contributed by atoms with Crippen molar-refractivity contribution in [3.63, 3.8) is 0 Å². The zero-order valence-corrected chi connectivity index (χ0v) is 20.0. The van der Waals surface area contributed by atoms with Crippen LogP contribution in [0.5, 0.6) is 5.88 Å². The summed E-state index contributed by atoms with van der Waals surface area (Å²) < 4.78 is 15.9. The van der Waals surface area contributed by atoms with Crippen LogP contribution in [0.4, 0.5) is 15.8 Å². The molecule has 4 rings (SSSR count). The van der Waals surface area contributed by atoms with Gasteiger partial charge in [-0.25, -0.2) is 4.39 Å². The molecule has 4 aromatic rings. The minimum atomic E-state index is -0.423. The summed E-state index contributed by atoms with van der Waals surface area (Å²) in [6.07, 6.45) is 0. The summed E-state index contributed by atoms with van der Waals surface area (Å²) in [5.41, 5.74) is 3.53. The number of aromatic hydroxyl groups is 1. The molecule has 0 bridgehead atoms. The normalized spacial score (nSPS) is 11.4. The van der Waals surface area contributed by atoms with Crippen LogP contribution >= 0.6 is 39.7 Å². The van der Waals surface area contributed by atoms with Gasteiger partial charge < -0.3 is 15.0 Å². The van der Waals surface area contributed by atoms with Gasteiger partial charge in [-0.3, -0.25) is 0 Å². The van der Waals surface area contributed by atoms with Crippen molar-refractivity contribution in [2.75, 3.05) is 5.32 Å². The molecule has 162 valence electrons. The predicted octanol–water partition coefficient (Wildman–Crippen LogP) is 7.74. The average molecular weight is 532 g/mol. The Morgan fingerprint density at radius 3 is 2.75 bits per heavy atom. The van der Waals surface area contributed by atoms with Crippen LogP contribution in [0.15, 0.2) is 75.4 Å². The van der Waals surface area contributed by atoms with Crippen molar-refractivity contribution >= 4 is 67.1 Å². The van der Waals surface area contributed by atoms with Gasteiger partial charge >= 0.3 is 0 Å². The van der Waals surface area contributed by atoms with Crippen LogP contribution in [-0.4, -0.2) is 14.8 Å². The van der Waals surface area contributed by atoms with Gasteiger partial charge in [0.05, 0.1) is 12.1 Å². The van der Waals surface area contributed by atoms with E-state index in [4.69, 9.17) is 23.8 Å². The molecule has 0 spiro atoms. The first-order chi connectivity index (χ1) is 15.3. The maximum atomic E-state index is 13.4. The maximum absolute atomic E-state index is 13.4. The molecule has 0 fully saturated rings. The van der Waals surface area contributed by atoms with E-state index in [9.17, 15) is 9.50 Å². The Kier molecular flexibility index (Phi) is 6.55. The fourth-order valence-electron chi connectivity index (χ4n) is 3.34. The molecule has 1 heterocycles. The molecule has 0 aliphatic carbocycles. The van der Waals surface area contributed by atoms with Crippen LogP contribution in [0.25, 0.3) is 10.9 Å².